The Morgan fingerprint density at radius 3 is 2.74 bits per heavy atom. The number of likely N-dealkylation sites (N-methyl/N-ethyl adjacent to an activating group) is 1. The number of nitrogens with two attached hydrogens (primary N) is 1. The molecule has 6 nitrogen and oxygen atoms in total. The molecule has 1 saturated heterocycles. The molecule has 1 amide bonds. The van der Waals surface area contributed by atoms with Gasteiger partial charge in [0, 0.05) is 25.7 Å². The highest BCUT2D eigenvalue weighted by molar-refractivity contribution is 5.98. The van der Waals surface area contributed by atoms with Gasteiger partial charge < -0.3 is 15.5 Å². The largest absolute Gasteiger partial charge is 0.395 e. The second kappa shape index (κ2) is 5.21. The fraction of sp³-hybridized carbons (Fsp3) is 0.692. The molecule has 19 heavy (non-hydrogen) atoms. The second-order valence-corrected chi connectivity index (χ2v) is 5.32. The molecule has 0 aliphatic carbocycles. The van der Waals surface area contributed by atoms with Gasteiger partial charge in [0.2, 0.25) is 0 Å². The molecule has 2 heterocycles. The van der Waals surface area contributed by atoms with Gasteiger partial charge in [-0.15, -0.1) is 0 Å². The molecule has 2 N–H and O–H groups in total. The van der Waals surface area contributed by atoms with Crippen LogP contribution in [0.3, 0.4) is 0 Å². The lowest BCUT2D eigenvalue weighted by atomic mass is 10.2. The first-order valence-corrected chi connectivity index (χ1v) is 6.74. The first kappa shape index (κ1) is 13.9. The zero-order valence-corrected chi connectivity index (χ0v) is 12.2. The fourth-order valence-electron chi connectivity index (χ4n) is 2.55. The van der Waals surface area contributed by atoms with E-state index in [0.717, 1.165) is 25.2 Å². The summed E-state index contributed by atoms with van der Waals surface area (Å²) < 4.78 is 1.70. The van der Waals surface area contributed by atoms with Crippen molar-refractivity contribution in [3.63, 3.8) is 0 Å². The summed E-state index contributed by atoms with van der Waals surface area (Å²) in [5, 5.41) is 4.31. The van der Waals surface area contributed by atoms with E-state index in [1.54, 1.807) is 4.68 Å². The smallest absolute Gasteiger partial charge is 0.274 e. The van der Waals surface area contributed by atoms with Crippen molar-refractivity contribution in [2.24, 2.45) is 0 Å². The number of carbonyl (C=O) groups excluding carboxylic acids is 1. The van der Waals surface area contributed by atoms with Crippen molar-refractivity contribution >= 4 is 11.6 Å². The predicted molar refractivity (Wildman–Crippen MR) is 75.0 cm³/mol. The van der Waals surface area contributed by atoms with Crippen molar-refractivity contribution in [3.05, 3.63) is 11.4 Å². The number of hydrogen-bond donors (Lipinski definition) is 1. The molecule has 0 saturated carbocycles. The van der Waals surface area contributed by atoms with E-state index in [-0.39, 0.29) is 5.91 Å². The minimum Gasteiger partial charge on any atom is -0.395 e. The van der Waals surface area contributed by atoms with Crippen LogP contribution >= 0.6 is 0 Å². The van der Waals surface area contributed by atoms with Gasteiger partial charge in [-0.1, -0.05) is 0 Å². The number of nitrogen functional groups attached to an aromatic ring is 1. The molecular formula is C13H23N5O. The summed E-state index contributed by atoms with van der Waals surface area (Å²) in [6, 6.07) is 0.435. The standard InChI is InChI=1S/C13H23N5O/c1-5-18-12(11(14)9(2)15-18)13(19)17-7-6-10(8-17)16(3)4/h10H,5-8,14H2,1-4H3. The third-order valence-corrected chi connectivity index (χ3v) is 3.86. The molecule has 0 spiro atoms. The highest BCUT2D eigenvalue weighted by Crippen LogP contribution is 2.22. The summed E-state index contributed by atoms with van der Waals surface area (Å²) >= 11 is 0. The Labute approximate surface area is 114 Å². The van der Waals surface area contributed by atoms with E-state index < -0.39 is 0 Å². The zero-order chi connectivity index (χ0) is 14.2. The van der Waals surface area contributed by atoms with Crippen molar-refractivity contribution in [1.29, 1.82) is 0 Å². The highest BCUT2D eigenvalue weighted by Gasteiger charge is 2.31. The van der Waals surface area contributed by atoms with Gasteiger partial charge in [0.25, 0.3) is 5.91 Å². The maximum Gasteiger partial charge on any atom is 0.274 e. The van der Waals surface area contributed by atoms with Gasteiger partial charge >= 0.3 is 0 Å². The van der Waals surface area contributed by atoms with Crippen molar-refractivity contribution in [3.8, 4) is 0 Å². The van der Waals surface area contributed by atoms with Gasteiger partial charge in [-0.05, 0) is 34.4 Å². The number of hydrogen-bond acceptors (Lipinski definition) is 4. The molecule has 1 atom stereocenters. The number of aryl methyl sites for hydroxylation is 2. The Morgan fingerprint density at radius 1 is 1.53 bits per heavy atom. The van der Waals surface area contributed by atoms with E-state index in [4.69, 9.17) is 5.73 Å². The number of amides is 1. The fourth-order valence-corrected chi connectivity index (χ4v) is 2.55. The molecule has 106 valence electrons. The molecule has 1 fully saturated rings. The van der Waals surface area contributed by atoms with E-state index in [1.807, 2.05) is 32.8 Å². The minimum absolute atomic E-state index is 0.00398. The van der Waals surface area contributed by atoms with Crippen LogP contribution in [-0.2, 0) is 6.54 Å². The van der Waals surface area contributed by atoms with Gasteiger partial charge in [0.15, 0.2) is 0 Å². The Hall–Kier alpha value is -1.56. The average Bonchev–Trinajstić information content (AvgIpc) is 2.95. The summed E-state index contributed by atoms with van der Waals surface area (Å²) in [4.78, 5) is 16.6. The minimum atomic E-state index is 0.00398. The molecule has 1 aromatic rings. The third kappa shape index (κ3) is 2.45. The first-order valence-electron chi connectivity index (χ1n) is 6.74. The molecule has 6 heteroatoms. The second-order valence-electron chi connectivity index (χ2n) is 5.32. The molecule has 0 radical (unpaired) electrons. The monoisotopic (exact) mass is 265 g/mol. The van der Waals surface area contributed by atoms with Crippen LogP contribution in [0.15, 0.2) is 0 Å². The lowest BCUT2D eigenvalue weighted by Crippen LogP contribution is -2.35. The van der Waals surface area contributed by atoms with E-state index in [1.165, 1.54) is 0 Å². The van der Waals surface area contributed by atoms with Crippen molar-refractivity contribution in [2.45, 2.75) is 32.9 Å². The molecule has 0 aromatic carbocycles. The van der Waals surface area contributed by atoms with E-state index in [2.05, 4.69) is 10.00 Å². The Kier molecular flexibility index (Phi) is 3.80. The molecule has 1 aromatic heterocycles. The maximum absolute atomic E-state index is 12.6. The molecular weight excluding hydrogens is 242 g/mol. The lowest BCUT2D eigenvalue weighted by Gasteiger charge is -2.20. The van der Waals surface area contributed by atoms with Crippen molar-refractivity contribution in [2.75, 3.05) is 32.9 Å². The molecule has 0 bridgehead atoms. The Balaban J connectivity index is 2.21. The number of carbonyl (C=O) groups is 1. The van der Waals surface area contributed by atoms with E-state index >= 15 is 0 Å². The Bertz CT molecular complexity index is 480. The highest BCUT2D eigenvalue weighted by atomic mass is 16.2. The van der Waals surface area contributed by atoms with Crippen LogP contribution in [0.25, 0.3) is 0 Å². The predicted octanol–water partition coefficient (Wildman–Crippen LogP) is 0.570. The number of aromatic nitrogens is 2. The zero-order valence-electron chi connectivity index (χ0n) is 12.2. The SMILES string of the molecule is CCn1nc(C)c(N)c1C(=O)N1CCC(N(C)C)C1. The van der Waals surface area contributed by atoms with Gasteiger partial charge in [0.1, 0.15) is 5.69 Å². The van der Waals surface area contributed by atoms with Gasteiger partial charge in [-0.2, -0.15) is 5.10 Å². The molecule has 1 unspecified atom stereocenters. The van der Waals surface area contributed by atoms with E-state index in [9.17, 15) is 4.79 Å². The van der Waals surface area contributed by atoms with Crippen LogP contribution in [0, 0.1) is 6.92 Å². The van der Waals surface area contributed by atoms with Crippen LogP contribution < -0.4 is 5.73 Å². The van der Waals surface area contributed by atoms with Crippen LogP contribution in [0.1, 0.15) is 29.5 Å². The summed E-state index contributed by atoms with van der Waals surface area (Å²) in [6.07, 6.45) is 1.01. The van der Waals surface area contributed by atoms with Crippen molar-refractivity contribution < 1.29 is 4.79 Å². The van der Waals surface area contributed by atoms with Crippen LogP contribution in [0.2, 0.25) is 0 Å². The molecule has 1 aliphatic rings. The summed E-state index contributed by atoms with van der Waals surface area (Å²) in [5.74, 6) is 0.00398. The summed E-state index contributed by atoms with van der Waals surface area (Å²) in [7, 11) is 4.10. The Morgan fingerprint density at radius 2 is 2.21 bits per heavy atom. The maximum atomic E-state index is 12.6. The van der Waals surface area contributed by atoms with Gasteiger partial charge in [-0.25, -0.2) is 0 Å². The third-order valence-electron chi connectivity index (χ3n) is 3.86. The summed E-state index contributed by atoms with van der Waals surface area (Å²) in [5.41, 5.74) is 7.79. The van der Waals surface area contributed by atoms with E-state index in [0.29, 0.717) is 24.0 Å². The quantitative estimate of drug-likeness (QED) is 0.867. The first-order chi connectivity index (χ1) is 8.95. The molecule has 2 rings (SSSR count). The van der Waals surface area contributed by atoms with Crippen molar-refractivity contribution in [1.82, 2.24) is 19.6 Å². The normalized spacial score (nSPS) is 19.4. The lowest BCUT2D eigenvalue weighted by molar-refractivity contribution is 0.0772. The van der Waals surface area contributed by atoms with Crippen LogP contribution in [-0.4, -0.2) is 58.7 Å². The number of anilines is 1. The van der Waals surface area contributed by atoms with Crippen LogP contribution in [0.5, 0.6) is 0 Å². The van der Waals surface area contributed by atoms with Gasteiger partial charge in [-0.3, -0.25) is 9.48 Å². The topological polar surface area (TPSA) is 67.4 Å². The number of rotatable bonds is 3. The average molecular weight is 265 g/mol. The number of likely N-dealkylation sites (tertiary alicyclic amines) is 1. The van der Waals surface area contributed by atoms with Gasteiger partial charge in [0.05, 0.1) is 11.4 Å². The van der Waals surface area contributed by atoms with Crippen LogP contribution in [0.4, 0.5) is 5.69 Å². The molecule has 1 aliphatic heterocycles. The summed E-state index contributed by atoms with van der Waals surface area (Å²) in [6.45, 7) is 6.01. The number of nitrogens with zero attached hydrogens (tertiary/aromatic N) is 4.